The van der Waals surface area contributed by atoms with Crippen LogP contribution in [0.15, 0.2) is 5.16 Å². The molecule has 6 nitrogen and oxygen atoms in total. The summed E-state index contributed by atoms with van der Waals surface area (Å²) in [5.74, 6) is -1.67. The molecule has 0 aromatic heterocycles. The Hall–Kier alpha value is -1.59. The predicted molar refractivity (Wildman–Crippen MR) is 47.7 cm³/mol. The van der Waals surface area contributed by atoms with Crippen molar-refractivity contribution < 1.29 is 23.9 Å². The van der Waals surface area contributed by atoms with Crippen molar-refractivity contribution >= 4 is 18.7 Å². The normalized spacial score (nSPS) is 9.36. The van der Waals surface area contributed by atoms with E-state index >= 15 is 0 Å². The van der Waals surface area contributed by atoms with Crippen LogP contribution in [0.3, 0.4) is 0 Å². The second-order valence-corrected chi connectivity index (χ2v) is 2.12. The Kier molecular flexibility index (Phi) is 6.09. The summed E-state index contributed by atoms with van der Waals surface area (Å²) in [5.41, 5.74) is 0. The lowest BCUT2D eigenvalue weighted by Crippen LogP contribution is -2.34. The summed E-state index contributed by atoms with van der Waals surface area (Å²) in [6.45, 7) is 6.52. The fourth-order valence-electron chi connectivity index (χ4n) is 0.693. The highest BCUT2D eigenvalue weighted by atomic mass is 16.7. The van der Waals surface area contributed by atoms with Crippen molar-refractivity contribution in [2.45, 2.75) is 20.0 Å². The molecule has 0 atom stereocenters. The van der Waals surface area contributed by atoms with Gasteiger partial charge in [0.1, 0.15) is 0 Å². The summed E-state index contributed by atoms with van der Waals surface area (Å²) in [7, 11) is 0. The van der Waals surface area contributed by atoms with Crippen molar-refractivity contribution in [3.05, 3.63) is 0 Å². The number of oxime groups is 1. The van der Waals surface area contributed by atoms with Gasteiger partial charge in [0.2, 0.25) is 0 Å². The Morgan fingerprint density at radius 2 is 1.64 bits per heavy atom. The van der Waals surface area contributed by atoms with E-state index < -0.39 is 18.0 Å². The van der Waals surface area contributed by atoms with Gasteiger partial charge in [0.05, 0.1) is 13.2 Å². The van der Waals surface area contributed by atoms with E-state index in [2.05, 4.69) is 26.2 Å². The molecule has 80 valence electrons. The third-order valence-corrected chi connectivity index (χ3v) is 1.18. The minimum Gasteiger partial charge on any atom is -0.463 e. The standard InChI is InChI=1S/C8H13NO5/c1-4-12-7(10)6(14-9-3)8(11)13-5-2/h6H,3-5H2,1-2H3. The van der Waals surface area contributed by atoms with Crippen LogP contribution >= 0.6 is 0 Å². The van der Waals surface area contributed by atoms with Gasteiger partial charge in [0.25, 0.3) is 0 Å². The number of hydrogen-bond acceptors (Lipinski definition) is 6. The van der Waals surface area contributed by atoms with E-state index in [1.807, 2.05) is 0 Å². The molecule has 0 aromatic rings. The van der Waals surface area contributed by atoms with Crippen molar-refractivity contribution in [1.82, 2.24) is 0 Å². The molecule has 0 aliphatic heterocycles. The number of nitrogens with zero attached hydrogens (tertiary/aromatic N) is 1. The molecule has 0 aliphatic rings. The summed E-state index contributed by atoms with van der Waals surface area (Å²) < 4.78 is 9.14. The smallest absolute Gasteiger partial charge is 0.362 e. The van der Waals surface area contributed by atoms with E-state index in [1.165, 1.54) is 0 Å². The molecule has 0 aromatic carbocycles. The molecule has 0 heterocycles. The summed E-state index contributed by atoms with van der Waals surface area (Å²) >= 11 is 0. The largest absolute Gasteiger partial charge is 0.463 e. The van der Waals surface area contributed by atoms with Crippen LogP contribution in [0.2, 0.25) is 0 Å². The number of carbonyl (C=O) groups is 2. The first-order valence-corrected chi connectivity index (χ1v) is 4.12. The van der Waals surface area contributed by atoms with Gasteiger partial charge in [-0.2, -0.15) is 0 Å². The molecule has 0 aliphatic carbocycles. The lowest BCUT2D eigenvalue weighted by Gasteiger charge is -2.11. The average Bonchev–Trinajstić information content (AvgIpc) is 2.14. The average molecular weight is 203 g/mol. The Bertz CT molecular complexity index is 198. The van der Waals surface area contributed by atoms with Gasteiger partial charge >= 0.3 is 18.0 Å². The van der Waals surface area contributed by atoms with Crippen LogP contribution in [-0.4, -0.2) is 38.0 Å². The summed E-state index contributed by atoms with van der Waals surface area (Å²) in [6.07, 6.45) is -1.48. The second kappa shape index (κ2) is 6.88. The number of hydrogen-bond donors (Lipinski definition) is 0. The molecular formula is C8H13NO5. The quantitative estimate of drug-likeness (QED) is 0.265. The zero-order valence-corrected chi connectivity index (χ0v) is 8.19. The van der Waals surface area contributed by atoms with Crippen molar-refractivity contribution in [3.63, 3.8) is 0 Å². The van der Waals surface area contributed by atoms with Crippen molar-refractivity contribution in [1.29, 1.82) is 0 Å². The lowest BCUT2D eigenvalue weighted by atomic mass is 10.4. The third kappa shape index (κ3) is 3.88. The van der Waals surface area contributed by atoms with Crippen LogP contribution in [0, 0.1) is 0 Å². The molecule has 0 spiro atoms. The summed E-state index contributed by atoms with van der Waals surface area (Å²) in [4.78, 5) is 26.7. The van der Waals surface area contributed by atoms with Crippen LogP contribution in [0.4, 0.5) is 0 Å². The molecule has 0 N–H and O–H groups in total. The monoisotopic (exact) mass is 203 g/mol. The molecule has 0 fully saturated rings. The first kappa shape index (κ1) is 12.4. The number of esters is 2. The Morgan fingerprint density at radius 1 is 1.21 bits per heavy atom. The lowest BCUT2D eigenvalue weighted by molar-refractivity contribution is -0.172. The third-order valence-electron chi connectivity index (χ3n) is 1.18. The summed E-state index contributed by atoms with van der Waals surface area (Å²) in [6, 6.07) is 0. The van der Waals surface area contributed by atoms with Crippen LogP contribution in [0.1, 0.15) is 13.8 Å². The minimum atomic E-state index is -1.48. The molecule has 0 bridgehead atoms. The SMILES string of the molecule is C=NOC(C(=O)OCC)C(=O)OCC. The second-order valence-electron chi connectivity index (χ2n) is 2.12. The van der Waals surface area contributed by atoms with E-state index in [9.17, 15) is 9.59 Å². The van der Waals surface area contributed by atoms with Gasteiger partial charge in [-0.15, -0.1) is 5.16 Å². The molecule has 0 saturated carbocycles. The van der Waals surface area contributed by atoms with Crippen molar-refractivity contribution in [2.24, 2.45) is 5.16 Å². The van der Waals surface area contributed by atoms with Gasteiger partial charge < -0.3 is 14.3 Å². The first-order chi connectivity index (χ1) is 6.67. The Balaban J connectivity index is 4.33. The highest BCUT2D eigenvalue weighted by Gasteiger charge is 2.31. The fraction of sp³-hybridized carbons (Fsp3) is 0.625. The number of rotatable bonds is 6. The molecule has 0 radical (unpaired) electrons. The maximum absolute atomic E-state index is 11.1. The van der Waals surface area contributed by atoms with Gasteiger partial charge in [-0.1, -0.05) is 0 Å². The van der Waals surface area contributed by atoms with E-state index in [1.54, 1.807) is 13.8 Å². The molecule has 6 heteroatoms. The maximum Gasteiger partial charge on any atom is 0.362 e. The van der Waals surface area contributed by atoms with Crippen molar-refractivity contribution in [2.75, 3.05) is 13.2 Å². The van der Waals surface area contributed by atoms with Crippen molar-refractivity contribution in [3.8, 4) is 0 Å². The molecule has 0 rings (SSSR count). The van der Waals surface area contributed by atoms with Crippen LogP contribution in [0.5, 0.6) is 0 Å². The summed E-state index contributed by atoms with van der Waals surface area (Å²) in [5, 5.41) is 2.99. The maximum atomic E-state index is 11.1. The number of carbonyl (C=O) groups excluding carboxylic acids is 2. The van der Waals surface area contributed by atoms with Gasteiger partial charge in [-0.25, -0.2) is 9.59 Å². The van der Waals surface area contributed by atoms with E-state index in [-0.39, 0.29) is 13.2 Å². The van der Waals surface area contributed by atoms with Crippen LogP contribution in [-0.2, 0) is 23.9 Å². The highest BCUT2D eigenvalue weighted by molar-refractivity contribution is 5.98. The molecule has 0 amide bonds. The zero-order chi connectivity index (χ0) is 11.0. The van der Waals surface area contributed by atoms with E-state index in [0.717, 1.165) is 0 Å². The molecule has 0 saturated heterocycles. The fourth-order valence-corrected chi connectivity index (χ4v) is 0.693. The molecule has 14 heavy (non-hydrogen) atoms. The van der Waals surface area contributed by atoms with Crippen LogP contribution in [0.25, 0.3) is 0 Å². The Labute approximate surface area is 81.8 Å². The topological polar surface area (TPSA) is 74.2 Å². The Morgan fingerprint density at radius 3 is 1.93 bits per heavy atom. The van der Waals surface area contributed by atoms with E-state index in [4.69, 9.17) is 0 Å². The first-order valence-electron chi connectivity index (χ1n) is 4.12. The predicted octanol–water partition coefficient (Wildman–Crippen LogP) is 0.113. The van der Waals surface area contributed by atoms with Gasteiger partial charge in [0, 0.05) is 6.72 Å². The minimum absolute atomic E-state index is 0.148. The number of ether oxygens (including phenoxy) is 2. The molecule has 0 unspecified atom stereocenters. The van der Waals surface area contributed by atoms with Crippen LogP contribution < -0.4 is 0 Å². The zero-order valence-electron chi connectivity index (χ0n) is 8.19. The van der Waals surface area contributed by atoms with Gasteiger partial charge in [0.15, 0.2) is 0 Å². The van der Waals surface area contributed by atoms with E-state index in [0.29, 0.717) is 0 Å². The highest BCUT2D eigenvalue weighted by Crippen LogP contribution is 1.99. The van der Waals surface area contributed by atoms with Gasteiger partial charge in [-0.05, 0) is 13.8 Å². The molecular weight excluding hydrogens is 190 g/mol. The van der Waals surface area contributed by atoms with Gasteiger partial charge in [-0.3, -0.25) is 0 Å².